The van der Waals surface area contributed by atoms with Crippen LogP contribution in [0.25, 0.3) is 11.1 Å². The number of hydrogen-bond acceptors (Lipinski definition) is 5. The van der Waals surface area contributed by atoms with Crippen LogP contribution in [0.4, 0.5) is 5.82 Å². The second kappa shape index (κ2) is 8.23. The van der Waals surface area contributed by atoms with E-state index in [-0.39, 0.29) is 11.8 Å². The monoisotopic (exact) mass is 392 g/mol. The fraction of sp³-hybridized carbons (Fsp3) is 0.435. The molecule has 0 aliphatic carbocycles. The standard InChI is InChI=1S/C23H28N4O2/c1-4-17-7-9-18(10-8-17)12-24-22(28)19-6-5-11-27(13-19)21-20-15(2)16(3)29-23(20)26-14-25-21/h7-10,14,19H,4-6,11-13H2,1-3H3,(H,24,28)/t19-/m0/s1. The van der Waals surface area contributed by atoms with E-state index in [0.717, 1.165) is 53.9 Å². The van der Waals surface area contributed by atoms with Crippen molar-refractivity contribution in [3.05, 3.63) is 53.0 Å². The summed E-state index contributed by atoms with van der Waals surface area (Å²) >= 11 is 0. The molecule has 1 saturated heterocycles. The van der Waals surface area contributed by atoms with Crippen LogP contribution < -0.4 is 10.2 Å². The molecule has 0 spiro atoms. The van der Waals surface area contributed by atoms with Crippen LogP contribution in [-0.2, 0) is 17.8 Å². The van der Waals surface area contributed by atoms with Gasteiger partial charge in [0.1, 0.15) is 17.9 Å². The molecule has 29 heavy (non-hydrogen) atoms. The summed E-state index contributed by atoms with van der Waals surface area (Å²) in [4.78, 5) is 23.8. The van der Waals surface area contributed by atoms with E-state index in [9.17, 15) is 4.79 Å². The molecule has 152 valence electrons. The van der Waals surface area contributed by atoms with Crippen LogP contribution in [-0.4, -0.2) is 29.0 Å². The van der Waals surface area contributed by atoms with Crippen LogP contribution in [0, 0.1) is 19.8 Å². The normalized spacial score (nSPS) is 16.9. The van der Waals surface area contributed by atoms with Crippen LogP contribution in [0.1, 0.15) is 42.2 Å². The number of benzene rings is 1. The number of nitrogens with zero attached hydrogens (tertiary/aromatic N) is 3. The number of piperidine rings is 1. The number of amides is 1. The molecule has 0 saturated carbocycles. The summed E-state index contributed by atoms with van der Waals surface area (Å²) in [5.74, 6) is 1.80. The third kappa shape index (κ3) is 3.97. The van der Waals surface area contributed by atoms with Gasteiger partial charge >= 0.3 is 0 Å². The summed E-state index contributed by atoms with van der Waals surface area (Å²) in [6.45, 7) is 8.24. The maximum atomic E-state index is 12.8. The van der Waals surface area contributed by atoms with Crippen molar-refractivity contribution in [2.75, 3.05) is 18.0 Å². The molecule has 3 aromatic rings. The van der Waals surface area contributed by atoms with E-state index in [2.05, 4.69) is 51.4 Å². The van der Waals surface area contributed by atoms with Crippen molar-refractivity contribution in [3.8, 4) is 0 Å². The molecule has 4 rings (SSSR count). The van der Waals surface area contributed by atoms with Crippen LogP contribution in [0.2, 0.25) is 0 Å². The van der Waals surface area contributed by atoms with Gasteiger partial charge in [-0.25, -0.2) is 9.97 Å². The minimum Gasteiger partial charge on any atom is -0.443 e. The first-order valence-electron chi connectivity index (χ1n) is 10.4. The number of fused-ring (bicyclic) bond motifs is 1. The van der Waals surface area contributed by atoms with Crippen molar-refractivity contribution >= 4 is 22.8 Å². The van der Waals surface area contributed by atoms with Crippen molar-refractivity contribution in [2.45, 2.75) is 46.6 Å². The van der Waals surface area contributed by atoms with Gasteiger partial charge in [-0.15, -0.1) is 0 Å². The van der Waals surface area contributed by atoms with Crippen molar-refractivity contribution in [2.24, 2.45) is 5.92 Å². The predicted molar refractivity (Wildman–Crippen MR) is 114 cm³/mol. The van der Waals surface area contributed by atoms with Crippen molar-refractivity contribution in [3.63, 3.8) is 0 Å². The van der Waals surface area contributed by atoms with Gasteiger partial charge in [-0.3, -0.25) is 4.79 Å². The molecule has 6 heteroatoms. The van der Waals surface area contributed by atoms with Crippen molar-refractivity contribution in [1.29, 1.82) is 0 Å². The molecule has 6 nitrogen and oxygen atoms in total. The second-order valence-electron chi connectivity index (χ2n) is 7.83. The summed E-state index contributed by atoms with van der Waals surface area (Å²) in [7, 11) is 0. The largest absolute Gasteiger partial charge is 0.443 e. The molecule has 0 unspecified atom stereocenters. The summed E-state index contributed by atoms with van der Waals surface area (Å²) in [5, 5.41) is 4.07. The average Bonchev–Trinajstić information content (AvgIpc) is 3.06. The van der Waals surface area contributed by atoms with Gasteiger partial charge in [0.15, 0.2) is 0 Å². The molecule has 0 radical (unpaired) electrons. The number of aryl methyl sites for hydroxylation is 3. The highest BCUT2D eigenvalue weighted by Gasteiger charge is 2.28. The lowest BCUT2D eigenvalue weighted by atomic mass is 9.96. The fourth-order valence-corrected chi connectivity index (χ4v) is 4.01. The average molecular weight is 393 g/mol. The lowest BCUT2D eigenvalue weighted by Gasteiger charge is -2.33. The zero-order valence-corrected chi connectivity index (χ0v) is 17.4. The van der Waals surface area contributed by atoms with Gasteiger partial charge < -0.3 is 14.6 Å². The van der Waals surface area contributed by atoms with Crippen LogP contribution in [0.3, 0.4) is 0 Å². The van der Waals surface area contributed by atoms with Gasteiger partial charge in [0, 0.05) is 25.2 Å². The highest BCUT2D eigenvalue weighted by atomic mass is 16.3. The minimum atomic E-state index is -0.0445. The van der Waals surface area contributed by atoms with E-state index in [0.29, 0.717) is 18.8 Å². The molecule has 3 heterocycles. The number of nitrogens with one attached hydrogen (secondary N) is 1. The zero-order valence-electron chi connectivity index (χ0n) is 17.4. The van der Waals surface area contributed by atoms with E-state index in [4.69, 9.17) is 4.42 Å². The number of aromatic nitrogens is 2. The lowest BCUT2D eigenvalue weighted by molar-refractivity contribution is -0.125. The zero-order chi connectivity index (χ0) is 20.4. The molecule has 1 aliphatic heterocycles. The van der Waals surface area contributed by atoms with Crippen LogP contribution in [0.5, 0.6) is 0 Å². The topological polar surface area (TPSA) is 71.3 Å². The highest BCUT2D eigenvalue weighted by Crippen LogP contribution is 2.32. The Kier molecular flexibility index (Phi) is 5.51. The molecular formula is C23H28N4O2. The summed E-state index contributed by atoms with van der Waals surface area (Å²) in [5.41, 5.74) is 4.12. The molecular weight excluding hydrogens is 364 g/mol. The van der Waals surface area contributed by atoms with Crippen LogP contribution in [0.15, 0.2) is 35.0 Å². The van der Waals surface area contributed by atoms with E-state index in [1.807, 2.05) is 13.8 Å². The van der Waals surface area contributed by atoms with Gasteiger partial charge in [0.2, 0.25) is 11.6 Å². The van der Waals surface area contributed by atoms with E-state index in [1.165, 1.54) is 5.56 Å². The Morgan fingerprint density at radius 1 is 1.21 bits per heavy atom. The molecule has 0 bridgehead atoms. The minimum absolute atomic E-state index is 0.0445. The van der Waals surface area contributed by atoms with E-state index in [1.54, 1.807) is 6.33 Å². The van der Waals surface area contributed by atoms with Crippen molar-refractivity contribution in [1.82, 2.24) is 15.3 Å². The first kappa shape index (κ1) is 19.4. The first-order chi connectivity index (χ1) is 14.1. The molecule has 1 amide bonds. The Labute approximate surface area is 171 Å². The molecule has 1 atom stereocenters. The Balaban J connectivity index is 1.45. The van der Waals surface area contributed by atoms with E-state index >= 15 is 0 Å². The number of carbonyl (C=O) groups excluding carboxylic acids is 1. The SMILES string of the molecule is CCc1ccc(CNC(=O)[C@H]2CCCN(c3ncnc4oc(C)c(C)c34)C2)cc1. The predicted octanol–water partition coefficient (Wildman–Crippen LogP) is 3.93. The number of hydrogen-bond donors (Lipinski definition) is 1. The summed E-state index contributed by atoms with van der Waals surface area (Å²) in [6.07, 6.45) is 4.43. The Bertz CT molecular complexity index is 1010. The van der Waals surface area contributed by atoms with Gasteiger partial charge in [0.05, 0.1) is 11.3 Å². The second-order valence-corrected chi connectivity index (χ2v) is 7.83. The van der Waals surface area contributed by atoms with Crippen molar-refractivity contribution < 1.29 is 9.21 Å². The summed E-state index contributed by atoms with van der Waals surface area (Å²) in [6, 6.07) is 8.43. The molecule has 1 N–H and O–H groups in total. The Morgan fingerprint density at radius 3 is 2.72 bits per heavy atom. The number of carbonyl (C=O) groups is 1. The third-order valence-electron chi connectivity index (χ3n) is 5.94. The Morgan fingerprint density at radius 2 is 1.97 bits per heavy atom. The molecule has 1 aliphatic rings. The van der Waals surface area contributed by atoms with E-state index < -0.39 is 0 Å². The van der Waals surface area contributed by atoms with Gasteiger partial charge in [0.25, 0.3) is 0 Å². The fourth-order valence-electron chi connectivity index (χ4n) is 4.01. The lowest BCUT2D eigenvalue weighted by Crippen LogP contribution is -2.43. The summed E-state index contributed by atoms with van der Waals surface area (Å²) < 4.78 is 5.75. The number of furan rings is 1. The molecule has 1 fully saturated rings. The smallest absolute Gasteiger partial charge is 0.231 e. The number of anilines is 1. The number of rotatable bonds is 5. The van der Waals surface area contributed by atoms with Gasteiger partial charge in [-0.2, -0.15) is 0 Å². The molecule has 2 aromatic heterocycles. The maximum absolute atomic E-state index is 12.8. The quantitative estimate of drug-likeness (QED) is 0.712. The maximum Gasteiger partial charge on any atom is 0.231 e. The first-order valence-corrected chi connectivity index (χ1v) is 10.4. The van der Waals surface area contributed by atoms with Gasteiger partial charge in [-0.1, -0.05) is 31.2 Å². The van der Waals surface area contributed by atoms with Gasteiger partial charge in [-0.05, 0) is 44.2 Å². The van der Waals surface area contributed by atoms with Crippen LogP contribution >= 0.6 is 0 Å². The Hall–Kier alpha value is -2.89. The molecule has 1 aromatic carbocycles. The highest BCUT2D eigenvalue weighted by molar-refractivity contribution is 5.90. The third-order valence-corrected chi connectivity index (χ3v) is 5.94.